The number of fused-ring (bicyclic) bond motifs is 1. The number of carbonyl (C=O) groups excluding carboxylic acids is 1. The van der Waals surface area contributed by atoms with Gasteiger partial charge in [0.25, 0.3) is 0 Å². The van der Waals surface area contributed by atoms with Crippen molar-refractivity contribution >= 4 is 16.9 Å². The molecule has 38 heavy (non-hydrogen) atoms. The zero-order valence-electron chi connectivity index (χ0n) is 21.8. The maximum Gasteiger partial charge on any atom is 0.224 e. The number of hydrogen-bond acceptors (Lipinski definition) is 3. The van der Waals surface area contributed by atoms with Crippen LogP contribution in [0.25, 0.3) is 22.2 Å². The minimum atomic E-state index is -0.0114. The van der Waals surface area contributed by atoms with Crippen LogP contribution in [0.15, 0.2) is 103 Å². The molecular formula is C33H33N3O2. The van der Waals surface area contributed by atoms with Crippen molar-refractivity contribution in [2.24, 2.45) is 0 Å². The monoisotopic (exact) mass is 503 g/mol. The molecule has 5 heteroatoms. The van der Waals surface area contributed by atoms with Crippen LogP contribution in [0.4, 0.5) is 0 Å². The summed E-state index contributed by atoms with van der Waals surface area (Å²) in [6, 6.07) is 34.7. The first-order chi connectivity index (χ1) is 18.7. The molecule has 1 N–H and O–H groups in total. The van der Waals surface area contributed by atoms with Crippen molar-refractivity contribution in [1.29, 1.82) is 0 Å². The van der Waals surface area contributed by atoms with Crippen LogP contribution in [0.2, 0.25) is 0 Å². The number of aromatic nitrogens is 2. The molecule has 0 saturated heterocycles. The smallest absolute Gasteiger partial charge is 0.224 e. The predicted molar refractivity (Wildman–Crippen MR) is 153 cm³/mol. The third kappa shape index (κ3) is 6.30. The maximum atomic E-state index is 12.8. The van der Waals surface area contributed by atoms with Gasteiger partial charge in [-0.05, 0) is 60.2 Å². The van der Waals surface area contributed by atoms with Crippen LogP contribution in [-0.4, -0.2) is 22.1 Å². The summed E-state index contributed by atoms with van der Waals surface area (Å²) in [5.74, 6) is 1.81. The number of nitrogens with zero attached hydrogens (tertiary/aromatic N) is 2. The van der Waals surface area contributed by atoms with Crippen molar-refractivity contribution in [3.63, 3.8) is 0 Å². The zero-order valence-corrected chi connectivity index (χ0v) is 21.8. The van der Waals surface area contributed by atoms with Gasteiger partial charge in [0.05, 0.1) is 30.6 Å². The fourth-order valence-corrected chi connectivity index (χ4v) is 4.65. The van der Waals surface area contributed by atoms with E-state index in [0.29, 0.717) is 19.6 Å². The Kier molecular flexibility index (Phi) is 8.14. The second-order valence-electron chi connectivity index (χ2n) is 9.51. The van der Waals surface area contributed by atoms with E-state index in [-0.39, 0.29) is 5.91 Å². The molecule has 1 heterocycles. The van der Waals surface area contributed by atoms with Crippen LogP contribution in [0.5, 0.6) is 5.75 Å². The summed E-state index contributed by atoms with van der Waals surface area (Å²) in [7, 11) is 0. The number of nitrogens with one attached hydrogen (secondary N) is 1. The summed E-state index contributed by atoms with van der Waals surface area (Å²) in [5, 5.41) is 3.08. The highest BCUT2D eigenvalue weighted by Gasteiger charge is 2.12. The van der Waals surface area contributed by atoms with Crippen molar-refractivity contribution in [3.8, 4) is 16.9 Å². The number of carbonyl (C=O) groups is 1. The number of amides is 1. The summed E-state index contributed by atoms with van der Waals surface area (Å²) in [5.41, 5.74) is 6.50. The maximum absolute atomic E-state index is 12.8. The van der Waals surface area contributed by atoms with Gasteiger partial charge >= 0.3 is 0 Å². The number of benzene rings is 4. The number of aryl methyl sites for hydroxylation is 2. The van der Waals surface area contributed by atoms with Gasteiger partial charge in [0, 0.05) is 6.54 Å². The average Bonchev–Trinajstić information content (AvgIpc) is 3.31. The summed E-state index contributed by atoms with van der Waals surface area (Å²) in [6.45, 7) is 3.96. The van der Waals surface area contributed by atoms with Gasteiger partial charge in [-0.3, -0.25) is 4.79 Å². The lowest BCUT2D eigenvalue weighted by Crippen LogP contribution is -2.26. The van der Waals surface area contributed by atoms with Gasteiger partial charge in [0.15, 0.2) is 0 Å². The normalized spacial score (nSPS) is 11.0. The second kappa shape index (κ2) is 12.2. The molecule has 0 unspecified atom stereocenters. The van der Waals surface area contributed by atoms with Gasteiger partial charge in [-0.2, -0.15) is 0 Å². The Morgan fingerprint density at radius 1 is 0.816 bits per heavy atom. The number of imidazole rings is 1. The van der Waals surface area contributed by atoms with E-state index < -0.39 is 0 Å². The Bertz CT molecular complexity index is 1490. The van der Waals surface area contributed by atoms with E-state index in [2.05, 4.69) is 53.2 Å². The topological polar surface area (TPSA) is 56.1 Å². The second-order valence-corrected chi connectivity index (χ2v) is 9.51. The lowest BCUT2D eigenvalue weighted by molar-refractivity contribution is -0.120. The molecule has 0 saturated carbocycles. The van der Waals surface area contributed by atoms with E-state index in [1.807, 2.05) is 66.7 Å². The lowest BCUT2D eigenvalue weighted by Gasteiger charge is -2.12. The number of hydrogen-bond donors (Lipinski definition) is 1. The first-order valence-electron chi connectivity index (χ1n) is 13.2. The molecule has 192 valence electrons. The largest absolute Gasteiger partial charge is 0.493 e. The SMILES string of the molecule is Cc1ccccc1OCCCCn1c(CNC(=O)Cc2ccc(-c3ccccc3)cc2)nc2ccccc21. The van der Waals surface area contributed by atoms with Crippen LogP contribution in [-0.2, 0) is 24.3 Å². The molecule has 1 amide bonds. The van der Waals surface area contributed by atoms with Crippen molar-refractivity contribution in [2.45, 2.75) is 39.3 Å². The molecule has 0 aliphatic heterocycles. The van der Waals surface area contributed by atoms with Crippen LogP contribution in [0.3, 0.4) is 0 Å². The first kappa shape index (κ1) is 25.3. The Morgan fingerprint density at radius 3 is 2.34 bits per heavy atom. The molecule has 5 rings (SSSR count). The van der Waals surface area contributed by atoms with Gasteiger partial charge in [0.2, 0.25) is 5.91 Å². The molecule has 5 aromatic rings. The lowest BCUT2D eigenvalue weighted by atomic mass is 10.0. The van der Waals surface area contributed by atoms with E-state index in [0.717, 1.165) is 58.7 Å². The fourth-order valence-electron chi connectivity index (χ4n) is 4.65. The number of para-hydroxylation sites is 3. The summed E-state index contributed by atoms with van der Waals surface area (Å²) in [6.07, 6.45) is 2.23. The zero-order chi connectivity index (χ0) is 26.2. The molecule has 0 bridgehead atoms. The van der Waals surface area contributed by atoms with Gasteiger partial charge in [-0.1, -0.05) is 84.9 Å². The first-order valence-corrected chi connectivity index (χ1v) is 13.2. The van der Waals surface area contributed by atoms with E-state index >= 15 is 0 Å². The molecule has 0 fully saturated rings. The van der Waals surface area contributed by atoms with Gasteiger partial charge < -0.3 is 14.6 Å². The average molecular weight is 504 g/mol. The van der Waals surface area contributed by atoms with Crippen molar-refractivity contribution < 1.29 is 9.53 Å². The number of unbranched alkanes of at least 4 members (excludes halogenated alkanes) is 1. The van der Waals surface area contributed by atoms with E-state index in [1.54, 1.807) is 0 Å². The number of rotatable bonds is 11. The van der Waals surface area contributed by atoms with E-state index in [9.17, 15) is 4.79 Å². The summed E-state index contributed by atoms with van der Waals surface area (Å²) < 4.78 is 8.18. The van der Waals surface area contributed by atoms with Crippen LogP contribution in [0, 0.1) is 6.92 Å². The van der Waals surface area contributed by atoms with E-state index in [1.165, 1.54) is 5.56 Å². The fraction of sp³-hybridized carbons (Fsp3) is 0.212. The third-order valence-corrected chi connectivity index (χ3v) is 6.73. The third-order valence-electron chi connectivity index (χ3n) is 6.73. The molecule has 0 aliphatic carbocycles. The van der Waals surface area contributed by atoms with Gasteiger partial charge in [-0.25, -0.2) is 4.98 Å². The molecule has 0 spiro atoms. The molecule has 0 radical (unpaired) electrons. The quantitative estimate of drug-likeness (QED) is 0.203. The van der Waals surface area contributed by atoms with Crippen molar-refractivity contribution in [2.75, 3.05) is 6.61 Å². The highest BCUT2D eigenvalue weighted by molar-refractivity contribution is 5.79. The Morgan fingerprint density at radius 2 is 1.53 bits per heavy atom. The minimum absolute atomic E-state index is 0.0114. The Hall–Kier alpha value is -4.38. The molecule has 0 aliphatic rings. The van der Waals surface area contributed by atoms with Gasteiger partial charge in [0.1, 0.15) is 11.6 Å². The molecule has 4 aromatic carbocycles. The molecule has 5 nitrogen and oxygen atoms in total. The van der Waals surface area contributed by atoms with E-state index in [4.69, 9.17) is 9.72 Å². The number of ether oxygens (including phenoxy) is 1. The van der Waals surface area contributed by atoms with Crippen LogP contribution in [0.1, 0.15) is 29.8 Å². The van der Waals surface area contributed by atoms with Crippen LogP contribution >= 0.6 is 0 Å². The predicted octanol–water partition coefficient (Wildman–Crippen LogP) is 6.73. The van der Waals surface area contributed by atoms with Crippen molar-refractivity contribution in [1.82, 2.24) is 14.9 Å². The standard InChI is InChI=1S/C33H33N3O2/c1-25-11-5-8-16-31(25)38-22-10-9-21-36-30-15-7-6-14-29(30)35-32(36)24-34-33(37)23-26-17-19-28(20-18-26)27-12-3-2-4-13-27/h2-8,11-20H,9-10,21-24H2,1H3,(H,34,37). The molecule has 1 aromatic heterocycles. The molecule has 0 atom stereocenters. The minimum Gasteiger partial charge on any atom is -0.493 e. The summed E-state index contributed by atoms with van der Waals surface area (Å²) in [4.78, 5) is 17.6. The summed E-state index contributed by atoms with van der Waals surface area (Å²) >= 11 is 0. The highest BCUT2D eigenvalue weighted by Crippen LogP contribution is 2.20. The highest BCUT2D eigenvalue weighted by atomic mass is 16.5. The van der Waals surface area contributed by atoms with Crippen molar-refractivity contribution in [3.05, 3.63) is 120 Å². The van der Waals surface area contributed by atoms with Gasteiger partial charge in [-0.15, -0.1) is 0 Å². The van der Waals surface area contributed by atoms with Crippen LogP contribution < -0.4 is 10.1 Å². The Balaban J connectivity index is 1.16. The molecular weight excluding hydrogens is 470 g/mol. The Labute approximate surface area is 224 Å².